The maximum atomic E-state index is 12.1. The lowest BCUT2D eigenvalue weighted by molar-refractivity contribution is -0.140. The van der Waals surface area contributed by atoms with Crippen molar-refractivity contribution in [2.45, 2.75) is 20.8 Å². The summed E-state index contributed by atoms with van der Waals surface area (Å²) in [6.45, 7) is 8.85. The van der Waals surface area contributed by atoms with Gasteiger partial charge in [0.25, 0.3) is 0 Å². The molecular weight excluding hydrogens is 456 g/mol. The van der Waals surface area contributed by atoms with Crippen LogP contribution < -0.4 is 4.74 Å². The van der Waals surface area contributed by atoms with E-state index in [-0.39, 0.29) is 24.4 Å². The molecule has 0 bridgehead atoms. The fraction of sp³-hybridized carbons (Fsp3) is 0.167. The number of carbonyl (C=O) groups excluding carboxylic acids is 3. The number of benzene rings is 3. The van der Waals surface area contributed by atoms with Crippen LogP contribution in [0.2, 0.25) is 0 Å². The zero-order valence-electron chi connectivity index (χ0n) is 20.7. The van der Waals surface area contributed by atoms with E-state index in [0.29, 0.717) is 5.75 Å². The third kappa shape index (κ3) is 9.06. The van der Waals surface area contributed by atoms with Gasteiger partial charge < -0.3 is 14.2 Å². The Balaban J connectivity index is 0.00000222. The highest BCUT2D eigenvalue weighted by Crippen LogP contribution is 2.20. The van der Waals surface area contributed by atoms with Crippen LogP contribution in [-0.2, 0) is 19.1 Å². The molecule has 3 aromatic rings. The van der Waals surface area contributed by atoms with Crippen LogP contribution in [0.5, 0.6) is 5.75 Å². The highest BCUT2D eigenvalue weighted by atomic mass is 16.6. The molecule has 0 atom stereocenters. The maximum Gasteiger partial charge on any atom is 0.338 e. The summed E-state index contributed by atoms with van der Waals surface area (Å²) in [6.07, 6.45) is 3.01. The summed E-state index contributed by atoms with van der Waals surface area (Å²) in [5.41, 5.74) is 3.62. The smallest absolute Gasteiger partial charge is 0.338 e. The molecule has 0 aliphatic heterocycles. The van der Waals surface area contributed by atoms with Crippen LogP contribution in [0.25, 0.3) is 17.2 Å². The van der Waals surface area contributed by atoms with E-state index in [2.05, 4.69) is 6.58 Å². The van der Waals surface area contributed by atoms with E-state index in [1.165, 1.54) is 37.3 Å². The highest BCUT2D eigenvalue weighted by molar-refractivity contribution is 5.91. The number of ether oxygens (including phenoxy) is 3. The van der Waals surface area contributed by atoms with Gasteiger partial charge in [-0.3, -0.25) is 0 Å². The first-order valence-electron chi connectivity index (χ1n) is 11.6. The number of esters is 3. The first-order chi connectivity index (χ1) is 17.4. The van der Waals surface area contributed by atoms with Gasteiger partial charge in [0.05, 0.1) is 5.56 Å². The van der Waals surface area contributed by atoms with Crippen LogP contribution >= 0.6 is 0 Å². The van der Waals surface area contributed by atoms with Crippen LogP contribution in [0.3, 0.4) is 0 Å². The van der Waals surface area contributed by atoms with Crippen molar-refractivity contribution in [3.63, 3.8) is 0 Å². The molecule has 36 heavy (non-hydrogen) atoms. The predicted octanol–water partition coefficient (Wildman–Crippen LogP) is 6.27. The number of carbonyl (C=O) groups is 3. The molecule has 0 heterocycles. The zero-order chi connectivity index (χ0) is 26.3. The fourth-order valence-corrected chi connectivity index (χ4v) is 2.87. The van der Waals surface area contributed by atoms with Gasteiger partial charge in [-0.15, -0.1) is 0 Å². The fourth-order valence-electron chi connectivity index (χ4n) is 2.87. The Morgan fingerprint density at radius 3 is 1.97 bits per heavy atom. The van der Waals surface area contributed by atoms with E-state index in [1.54, 1.807) is 6.08 Å². The van der Waals surface area contributed by atoms with Crippen LogP contribution in [0, 0.1) is 0 Å². The van der Waals surface area contributed by atoms with Crippen molar-refractivity contribution in [2.24, 2.45) is 0 Å². The second kappa shape index (κ2) is 14.7. The first-order valence-corrected chi connectivity index (χ1v) is 11.6. The van der Waals surface area contributed by atoms with Gasteiger partial charge in [-0.1, -0.05) is 75.0 Å². The molecule has 0 aliphatic rings. The summed E-state index contributed by atoms with van der Waals surface area (Å²) in [5, 5.41) is 0. The van der Waals surface area contributed by atoms with Crippen molar-refractivity contribution >= 4 is 24.0 Å². The van der Waals surface area contributed by atoms with Crippen molar-refractivity contribution in [2.75, 3.05) is 13.2 Å². The van der Waals surface area contributed by atoms with Crippen LogP contribution in [0.15, 0.2) is 97.1 Å². The number of rotatable bonds is 9. The molecule has 186 valence electrons. The van der Waals surface area contributed by atoms with E-state index in [4.69, 9.17) is 14.2 Å². The van der Waals surface area contributed by atoms with Gasteiger partial charge in [0.2, 0.25) is 0 Å². The van der Waals surface area contributed by atoms with E-state index in [1.807, 2.05) is 68.4 Å². The largest absolute Gasteiger partial charge is 0.459 e. The lowest BCUT2D eigenvalue weighted by atomic mass is 10.0. The van der Waals surface area contributed by atoms with E-state index < -0.39 is 17.9 Å². The molecule has 0 aromatic heterocycles. The van der Waals surface area contributed by atoms with Gasteiger partial charge >= 0.3 is 17.9 Å². The first kappa shape index (κ1) is 27.8. The minimum absolute atomic E-state index is 0.0611. The van der Waals surface area contributed by atoms with Crippen molar-refractivity contribution in [3.05, 3.63) is 108 Å². The Morgan fingerprint density at radius 1 is 0.778 bits per heavy atom. The maximum absolute atomic E-state index is 12.1. The normalized spacial score (nSPS) is 10.1. The molecule has 0 amide bonds. The Hall–Kier alpha value is -4.45. The van der Waals surface area contributed by atoms with Crippen molar-refractivity contribution < 1.29 is 28.6 Å². The van der Waals surface area contributed by atoms with E-state index in [9.17, 15) is 14.4 Å². The molecule has 0 aliphatic carbocycles. The quantitative estimate of drug-likeness (QED) is 0.153. The van der Waals surface area contributed by atoms with Gasteiger partial charge in [-0.05, 0) is 54.0 Å². The predicted molar refractivity (Wildman–Crippen MR) is 140 cm³/mol. The monoisotopic (exact) mass is 486 g/mol. The molecule has 0 N–H and O–H groups in total. The van der Waals surface area contributed by atoms with Crippen LogP contribution in [0.1, 0.15) is 36.7 Å². The summed E-state index contributed by atoms with van der Waals surface area (Å²) < 4.78 is 15.2. The van der Waals surface area contributed by atoms with Crippen LogP contribution in [0.4, 0.5) is 0 Å². The lowest BCUT2D eigenvalue weighted by Crippen LogP contribution is -2.14. The van der Waals surface area contributed by atoms with Crippen molar-refractivity contribution in [1.82, 2.24) is 0 Å². The van der Waals surface area contributed by atoms with Gasteiger partial charge in [0.1, 0.15) is 19.0 Å². The third-order valence-electron chi connectivity index (χ3n) is 4.64. The Morgan fingerprint density at radius 2 is 1.36 bits per heavy atom. The highest BCUT2D eigenvalue weighted by Gasteiger charge is 2.09. The number of hydrogen-bond acceptors (Lipinski definition) is 6. The average Bonchev–Trinajstić information content (AvgIpc) is 2.92. The molecule has 0 unspecified atom stereocenters. The van der Waals surface area contributed by atoms with E-state index >= 15 is 0 Å². The van der Waals surface area contributed by atoms with Gasteiger partial charge in [0.15, 0.2) is 0 Å². The van der Waals surface area contributed by atoms with Gasteiger partial charge in [-0.2, -0.15) is 0 Å². The summed E-state index contributed by atoms with van der Waals surface area (Å²) in [6, 6.07) is 23.8. The molecule has 3 rings (SSSR count). The minimum Gasteiger partial charge on any atom is -0.459 e. The van der Waals surface area contributed by atoms with Gasteiger partial charge in [0, 0.05) is 11.6 Å². The summed E-state index contributed by atoms with van der Waals surface area (Å²) in [4.78, 5) is 35.4. The Kier molecular flexibility index (Phi) is 11.4. The SMILES string of the molecule is C=C(C)C(=O)OCCOC(=O)c1ccc(OC(=O)/C=C/c2ccc(-c3ccccc3)cc2)cc1.CC. The molecule has 0 saturated carbocycles. The average molecular weight is 487 g/mol. The van der Waals surface area contributed by atoms with Crippen LogP contribution in [-0.4, -0.2) is 31.1 Å². The standard InChI is InChI=1S/C28H24O6.C2H6/c1-20(2)27(30)32-18-19-33-28(31)24-13-15-25(16-14-24)34-26(29)17-10-21-8-11-23(12-9-21)22-6-4-3-5-7-22;1-2/h3-17H,1,18-19H2,2H3;1-2H3/b17-10+;. The number of hydrogen-bond donors (Lipinski definition) is 0. The Labute approximate surface area is 211 Å². The molecule has 0 fully saturated rings. The van der Waals surface area contributed by atoms with Crippen molar-refractivity contribution in [1.29, 1.82) is 0 Å². The molecule has 3 aromatic carbocycles. The minimum atomic E-state index is -0.580. The summed E-state index contributed by atoms with van der Waals surface area (Å²) >= 11 is 0. The molecule has 0 saturated heterocycles. The lowest BCUT2D eigenvalue weighted by Gasteiger charge is -2.07. The molecule has 0 radical (unpaired) electrons. The summed E-state index contributed by atoms with van der Waals surface area (Å²) in [5.74, 6) is -1.37. The molecule has 0 spiro atoms. The second-order valence-corrected chi connectivity index (χ2v) is 7.32. The molecular formula is C30H30O6. The zero-order valence-corrected chi connectivity index (χ0v) is 20.7. The molecule has 6 heteroatoms. The van der Waals surface area contributed by atoms with Crippen molar-refractivity contribution in [3.8, 4) is 16.9 Å². The van der Waals surface area contributed by atoms with Gasteiger partial charge in [-0.25, -0.2) is 14.4 Å². The second-order valence-electron chi connectivity index (χ2n) is 7.32. The Bertz CT molecular complexity index is 1180. The summed E-state index contributed by atoms with van der Waals surface area (Å²) in [7, 11) is 0. The third-order valence-corrected chi connectivity index (χ3v) is 4.64. The van der Waals surface area contributed by atoms with E-state index in [0.717, 1.165) is 16.7 Å². The molecule has 6 nitrogen and oxygen atoms in total. The topological polar surface area (TPSA) is 78.9 Å².